The predicted octanol–water partition coefficient (Wildman–Crippen LogP) is 5.06. The van der Waals surface area contributed by atoms with Crippen molar-refractivity contribution in [3.05, 3.63) is 34.7 Å². The monoisotopic (exact) mass is 324 g/mol. The Bertz CT molecular complexity index is 682. The van der Waals surface area contributed by atoms with Crippen molar-refractivity contribution in [2.45, 2.75) is 31.9 Å². The number of alkyl halides is 5. The molecule has 0 fully saturated rings. The molecule has 0 spiro atoms. The van der Waals surface area contributed by atoms with Gasteiger partial charge in [-0.25, -0.2) is 9.97 Å². The molecule has 0 aliphatic rings. The minimum absolute atomic E-state index is 0.0571. The van der Waals surface area contributed by atoms with Gasteiger partial charge in [0.05, 0.1) is 5.52 Å². The zero-order valence-electron chi connectivity index (χ0n) is 11.0. The van der Waals surface area contributed by atoms with Gasteiger partial charge in [-0.1, -0.05) is 31.5 Å². The SMILES string of the molecule is CC(C)c1ccc2nc(C(F)(F)C(F)(F)F)nc(Cl)c2c1. The van der Waals surface area contributed by atoms with E-state index in [-0.39, 0.29) is 16.8 Å². The average molecular weight is 325 g/mol. The van der Waals surface area contributed by atoms with Gasteiger partial charge in [0.1, 0.15) is 5.15 Å². The van der Waals surface area contributed by atoms with Gasteiger partial charge < -0.3 is 0 Å². The molecule has 0 unspecified atom stereocenters. The second kappa shape index (κ2) is 5.05. The van der Waals surface area contributed by atoms with Gasteiger partial charge in [-0.05, 0) is 23.6 Å². The summed E-state index contributed by atoms with van der Waals surface area (Å²) in [6.07, 6.45) is -5.78. The maximum Gasteiger partial charge on any atom is 0.461 e. The number of nitrogens with zero attached hydrogens (tertiary/aromatic N) is 2. The lowest BCUT2D eigenvalue weighted by molar-refractivity contribution is -0.292. The first kappa shape index (κ1) is 15.9. The predicted molar refractivity (Wildman–Crippen MR) is 68.6 cm³/mol. The summed E-state index contributed by atoms with van der Waals surface area (Å²) < 4.78 is 63.6. The third kappa shape index (κ3) is 2.79. The van der Waals surface area contributed by atoms with Crippen LogP contribution < -0.4 is 0 Å². The number of halogens is 6. The van der Waals surface area contributed by atoms with E-state index in [9.17, 15) is 22.0 Å². The van der Waals surface area contributed by atoms with Crippen molar-refractivity contribution < 1.29 is 22.0 Å². The molecule has 114 valence electrons. The molecule has 0 amide bonds. The van der Waals surface area contributed by atoms with Crippen LogP contribution in [0, 0.1) is 0 Å². The summed E-state index contributed by atoms with van der Waals surface area (Å²) in [6, 6.07) is 4.54. The van der Waals surface area contributed by atoms with Gasteiger partial charge in [-0.3, -0.25) is 0 Å². The van der Waals surface area contributed by atoms with Crippen molar-refractivity contribution in [2.24, 2.45) is 0 Å². The van der Waals surface area contributed by atoms with Crippen LogP contribution in [-0.4, -0.2) is 16.1 Å². The van der Waals surface area contributed by atoms with E-state index < -0.39 is 23.1 Å². The Hall–Kier alpha value is -1.50. The zero-order valence-corrected chi connectivity index (χ0v) is 11.7. The highest BCUT2D eigenvalue weighted by molar-refractivity contribution is 6.34. The first-order valence-corrected chi connectivity index (χ1v) is 6.34. The molecule has 0 saturated carbocycles. The Kier molecular flexibility index (Phi) is 3.82. The smallest absolute Gasteiger partial charge is 0.227 e. The third-order valence-electron chi connectivity index (χ3n) is 2.98. The molecule has 21 heavy (non-hydrogen) atoms. The number of rotatable bonds is 2. The third-order valence-corrected chi connectivity index (χ3v) is 3.26. The van der Waals surface area contributed by atoms with Gasteiger partial charge >= 0.3 is 12.1 Å². The van der Waals surface area contributed by atoms with Gasteiger partial charge in [-0.15, -0.1) is 0 Å². The van der Waals surface area contributed by atoms with E-state index in [2.05, 4.69) is 9.97 Å². The van der Waals surface area contributed by atoms with Crippen molar-refractivity contribution in [2.75, 3.05) is 0 Å². The summed E-state index contributed by atoms with van der Waals surface area (Å²) >= 11 is 5.74. The number of fused-ring (bicyclic) bond motifs is 1. The molecule has 1 aromatic heterocycles. The molecular weight excluding hydrogens is 315 g/mol. The first-order valence-electron chi connectivity index (χ1n) is 5.96. The van der Waals surface area contributed by atoms with Crippen LogP contribution in [0.15, 0.2) is 18.2 Å². The minimum Gasteiger partial charge on any atom is -0.227 e. The van der Waals surface area contributed by atoms with Crippen molar-refractivity contribution >= 4 is 22.5 Å². The summed E-state index contributed by atoms with van der Waals surface area (Å²) in [4.78, 5) is 6.43. The van der Waals surface area contributed by atoms with Gasteiger partial charge in [-0.2, -0.15) is 22.0 Å². The van der Waals surface area contributed by atoms with Crippen LogP contribution in [0.5, 0.6) is 0 Å². The molecule has 0 atom stereocenters. The highest BCUT2D eigenvalue weighted by Gasteiger charge is 2.61. The number of benzene rings is 1. The summed E-state index contributed by atoms with van der Waals surface area (Å²) in [5.74, 6) is -6.66. The van der Waals surface area contributed by atoms with Gasteiger partial charge in [0, 0.05) is 5.39 Å². The number of hydrogen-bond acceptors (Lipinski definition) is 2. The highest BCUT2D eigenvalue weighted by atomic mass is 35.5. The summed E-state index contributed by atoms with van der Waals surface area (Å²) in [6.45, 7) is 3.81. The van der Waals surface area contributed by atoms with Crippen LogP contribution in [0.3, 0.4) is 0 Å². The Morgan fingerprint density at radius 2 is 1.67 bits per heavy atom. The van der Waals surface area contributed by atoms with E-state index in [1.165, 1.54) is 6.07 Å². The molecule has 0 N–H and O–H groups in total. The Morgan fingerprint density at radius 3 is 2.19 bits per heavy atom. The topological polar surface area (TPSA) is 25.8 Å². The molecule has 1 heterocycles. The second-order valence-corrected chi connectivity index (χ2v) is 5.20. The maximum atomic E-state index is 13.3. The number of aromatic nitrogens is 2. The molecule has 2 aromatic rings. The minimum atomic E-state index is -5.78. The summed E-state index contributed by atoms with van der Waals surface area (Å²) in [5, 5.41) is -0.189. The van der Waals surface area contributed by atoms with Gasteiger partial charge in [0.2, 0.25) is 5.82 Å². The quantitative estimate of drug-likeness (QED) is 0.570. The van der Waals surface area contributed by atoms with Crippen molar-refractivity contribution in [1.82, 2.24) is 9.97 Å². The summed E-state index contributed by atoms with van der Waals surface area (Å²) in [5.41, 5.74) is 0.793. The molecule has 1 aromatic carbocycles. The highest BCUT2D eigenvalue weighted by Crippen LogP contribution is 2.43. The lowest BCUT2D eigenvalue weighted by atomic mass is 10.0. The largest absolute Gasteiger partial charge is 0.461 e. The van der Waals surface area contributed by atoms with Gasteiger partial charge in [0.15, 0.2) is 0 Å². The molecule has 0 saturated heterocycles. The van der Waals surface area contributed by atoms with Crippen molar-refractivity contribution in [3.8, 4) is 0 Å². The van der Waals surface area contributed by atoms with Crippen LogP contribution in [-0.2, 0) is 5.92 Å². The molecular formula is C13H10ClF5N2. The van der Waals surface area contributed by atoms with Crippen molar-refractivity contribution in [1.29, 1.82) is 0 Å². The Balaban J connectivity index is 2.64. The average Bonchev–Trinajstić information content (AvgIpc) is 2.36. The molecule has 0 aliphatic heterocycles. The van der Waals surface area contributed by atoms with E-state index in [0.717, 1.165) is 5.56 Å². The lowest BCUT2D eigenvalue weighted by Crippen LogP contribution is -2.35. The summed E-state index contributed by atoms with van der Waals surface area (Å²) in [7, 11) is 0. The maximum absolute atomic E-state index is 13.3. The van der Waals surface area contributed by atoms with Gasteiger partial charge in [0.25, 0.3) is 0 Å². The van der Waals surface area contributed by atoms with Crippen molar-refractivity contribution in [3.63, 3.8) is 0 Å². The Morgan fingerprint density at radius 1 is 1.05 bits per heavy atom. The van der Waals surface area contributed by atoms with Crippen LogP contribution in [0.1, 0.15) is 31.2 Å². The van der Waals surface area contributed by atoms with E-state index >= 15 is 0 Å². The van der Waals surface area contributed by atoms with Crippen LogP contribution in [0.25, 0.3) is 10.9 Å². The Labute approximate surface area is 122 Å². The van der Waals surface area contributed by atoms with Crippen LogP contribution in [0.4, 0.5) is 22.0 Å². The van der Waals surface area contributed by atoms with Crippen LogP contribution in [0.2, 0.25) is 5.15 Å². The molecule has 0 radical (unpaired) electrons. The molecule has 2 rings (SSSR count). The molecule has 0 bridgehead atoms. The van der Waals surface area contributed by atoms with Crippen LogP contribution >= 0.6 is 11.6 Å². The molecule has 2 nitrogen and oxygen atoms in total. The number of hydrogen-bond donors (Lipinski definition) is 0. The fraction of sp³-hybridized carbons (Fsp3) is 0.385. The van der Waals surface area contributed by atoms with E-state index in [4.69, 9.17) is 11.6 Å². The van der Waals surface area contributed by atoms with E-state index in [0.29, 0.717) is 0 Å². The van der Waals surface area contributed by atoms with E-state index in [1.54, 1.807) is 12.1 Å². The molecule has 0 aliphatic carbocycles. The fourth-order valence-corrected chi connectivity index (χ4v) is 1.97. The standard InChI is InChI=1S/C13H10ClF5N2/c1-6(2)7-3-4-9-8(5-7)10(14)21-11(20-9)12(15,16)13(17,18)19/h3-6H,1-2H3. The second-order valence-electron chi connectivity index (χ2n) is 4.84. The first-order chi connectivity index (χ1) is 9.54. The van der Waals surface area contributed by atoms with E-state index in [1.807, 2.05) is 13.8 Å². The molecule has 8 heteroatoms. The zero-order chi connectivity index (χ0) is 16.0. The fourth-order valence-electron chi connectivity index (χ4n) is 1.73. The lowest BCUT2D eigenvalue weighted by Gasteiger charge is -2.18. The normalized spacial score (nSPS) is 13.2.